The summed E-state index contributed by atoms with van der Waals surface area (Å²) in [5, 5.41) is 0. The quantitative estimate of drug-likeness (QED) is 0.440. The molecule has 0 aromatic heterocycles. The summed E-state index contributed by atoms with van der Waals surface area (Å²) >= 11 is 0. The van der Waals surface area contributed by atoms with Gasteiger partial charge in [-0.3, -0.25) is 13.9 Å². The molecule has 0 aliphatic carbocycles. The van der Waals surface area contributed by atoms with Crippen LogP contribution < -0.4 is 0 Å². The van der Waals surface area contributed by atoms with Gasteiger partial charge in [0.05, 0.1) is 0 Å². The van der Waals surface area contributed by atoms with Crippen molar-refractivity contribution in [1.82, 2.24) is 0 Å². The van der Waals surface area contributed by atoms with Gasteiger partial charge in [-0.2, -0.15) is 0 Å². The molecule has 0 amide bonds. The highest BCUT2D eigenvalue weighted by molar-refractivity contribution is 7.32. The van der Waals surface area contributed by atoms with E-state index in [4.69, 9.17) is 4.89 Å². The third-order valence-electron chi connectivity index (χ3n) is 0.320. The van der Waals surface area contributed by atoms with Gasteiger partial charge in [-0.1, -0.05) is 0 Å². The zero-order chi connectivity index (χ0) is 6.57. The van der Waals surface area contributed by atoms with Gasteiger partial charge in [-0.15, -0.1) is 0 Å². The first-order valence-electron chi connectivity index (χ1n) is 1.65. The molecule has 0 bridgehead atoms. The summed E-state index contributed by atoms with van der Waals surface area (Å²) in [6, 6.07) is 0. The van der Waals surface area contributed by atoms with Gasteiger partial charge in [-0.25, -0.2) is 4.39 Å². The zero-order valence-corrected chi connectivity index (χ0v) is 4.70. The van der Waals surface area contributed by atoms with E-state index < -0.39 is 14.6 Å². The predicted molar refractivity (Wildman–Crippen MR) is 23.3 cm³/mol. The third kappa shape index (κ3) is 3.92. The van der Waals surface area contributed by atoms with E-state index in [-0.39, 0.29) is 6.29 Å². The first-order valence-corrected chi connectivity index (χ1v) is 2.92. The number of rotatable bonds is 3. The molecule has 0 saturated carbocycles. The molecule has 8 heavy (non-hydrogen) atoms. The van der Waals surface area contributed by atoms with Crippen LogP contribution >= 0.6 is 8.25 Å². The van der Waals surface area contributed by atoms with Crippen LogP contribution in [0, 0.1) is 0 Å². The van der Waals surface area contributed by atoms with Crippen molar-refractivity contribution >= 4 is 14.5 Å². The average molecular weight is 142 g/mol. The summed E-state index contributed by atoms with van der Waals surface area (Å²) < 4.78 is 24.5. The van der Waals surface area contributed by atoms with E-state index in [9.17, 15) is 13.8 Å². The van der Waals surface area contributed by atoms with E-state index in [0.717, 1.165) is 0 Å². The van der Waals surface area contributed by atoms with E-state index in [1.807, 2.05) is 0 Å². The maximum Gasteiger partial charge on any atom is 0.319 e. The Morgan fingerprint density at radius 2 is 2.38 bits per heavy atom. The first kappa shape index (κ1) is 7.75. The fourth-order valence-electron chi connectivity index (χ4n) is 0.124. The van der Waals surface area contributed by atoms with Crippen molar-refractivity contribution < 1.29 is 23.2 Å². The summed E-state index contributed by atoms with van der Waals surface area (Å²) in [7, 11) is -3.30. The Kier molecular flexibility index (Phi) is 3.60. The van der Waals surface area contributed by atoms with Gasteiger partial charge in [0.15, 0.2) is 6.29 Å². The molecule has 0 saturated heterocycles. The highest BCUT2D eigenvalue weighted by Crippen LogP contribution is 2.16. The molecule has 0 aliphatic heterocycles. The summed E-state index contributed by atoms with van der Waals surface area (Å²) in [5.41, 5.74) is 0. The molecular formula is C2H4FO4P. The fraction of sp³-hybridized carbons (Fsp3) is 0.500. The van der Waals surface area contributed by atoms with Crippen LogP contribution in [-0.2, 0) is 13.9 Å². The van der Waals surface area contributed by atoms with E-state index in [2.05, 4.69) is 4.52 Å². The Bertz CT molecular complexity index is 104. The molecule has 0 aromatic carbocycles. The second-order valence-electron chi connectivity index (χ2n) is 0.871. The Morgan fingerprint density at radius 1 is 1.88 bits per heavy atom. The van der Waals surface area contributed by atoms with Gasteiger partial charge in [0, 0.05) is 0 Å². The predicted octanol–water partition coefficient (Wildman–Crippen LogP) is -0.121. The normalized spacial score (nSPS) is 17.2. The van der Waals surface area contributed by atoms with Crippen molar-refractivity contribution in [2.75, 3.05) is 0 Å². The fourth-order valence-corrected chi connectivity index (χ4v) is 0.372. The second-order valence-corrected chi connectivity index (χ2v) is 1.64. The average Bonchev–Trinajstić information content (AvgIpc) is 1.65. The van der Waals surface area contributed by atoms with Crippen LogP contribution in [-0.4, -0.2) is 17.5 Å². The van der Waals surface area contributed by atoms with Crippen molar-refractivity contribution in [3.05, 3.63) is 0 Å². The molecule has 6 heteroatoms. The Labute approximate surface area is 45.2 Å². The van der Waals surface area contributed by atoms with Gasteiger partial charge >= 0.3 is 8.25 Å². The summed E-state index contributed by atoms with van der Waals surface area (Å²) in [5.74, 6) is 0. The molecule has 48 valence electrons. The minimum Gasteiger partial charge on any atom is -0.326 e. The van der Waals surface area contributed by atoms with Crippen LogP contribution in [0.4, 0.5) is 4.39 Å². The van der Waals surface area contributed by atoms with Crippen molar-refractivity contribution in [2.24, 2.45) is 0 Å². The number of halogens is 1. The van der Waals surface area contributed by atoms with Crippen LogP contribution in [0.15, 0.2) is 0 Å². The monoisotopic (exact) mass is 142 g/mol. The van der Waals surface area contributed by atoms with Crippen molar-refractivity contribution in [3.8, 4) is 0 Å². The molecule has 1 N–H and O–H groups in total. The van der Waals surface area contributed by atoms with Gasteiger partial charge in [0.1, 0.15) is 0 Å². The maximum absolute atomic E-state index is 11.5. The summed E-state index contributed by atoms with van der Waals surface area (Å²) in [4.78, 5) is 17.1. The lowest BCUT2D eigenvalue weighted by molar-refractivity contribution is -0.120. The van der Waals surface area contributed by atoms with E-state index in [1.165, 1.54) is 0 Å². The molecular weight excluding hydrogens is 138 g/mol. The van der Waals surface area contributed by atoms with Crippen LogP contribution in [0.25, 0.3) is 0 Å². The molecule has 0 rings (SSSR count). The Balaban J connectivity index is 3.38. The molecule has 0 aromatic rings. The van der Waals surface area contributed by atoms with Crippen LogP contribution in [0.3, 0.4) is 0 Å². The SMILES string of the molecule is O=CC(F)O[PH](=O)O. The number of carbonyl (C=O) groups is 1. The van der Waals surface area contributed by atoms with Gasteiger partial charge in [0.2, 0.25) is 0 Å². The lowest BCUT2D eigenvalue weighted by Gasteiger charge is -1.94. The van der Waals surface area contributed by atoms with Crippen molar-refractivity contribution in [2.45, 2.75) is 6.36 Å². The van der Waals surface area contributed by atoms with Crippen LogP contribution in [0.2, 0.25) is 0 Å². The third-order valence-corrected chi connectivity index (χ3v) is 0.747. The van der Waals surface area contributed by atoms with E-state index >= 15 is 0 Å². The smallest absolute Gasteiger partial charge is 0.319 e. The molecule has 0 heterocycles. The Morgan fingerprint density at radius 3 is 2.50 bits per heavy atom. The molecule has 0 spiro atoms. The van der Waals surface area contributed by atoms with Crippen LogP contribution in [0.1, 0.15) is 0 Å². The van der Waals surface area contributed by atoms with E-state index in [1.54, 1.807) is 0 Å². The highest BCUT2D eigenvalue weighted by atomic mass is 31.1. The minimum absolute atomic E-state index is 0.210. The number of aldehydes is 1. The number of hydrogen-bond acceptors (Lipinski definition) is 3. The lowest BCUT2D eigenvalue weighted by atomic mass is 10.8. The van der Waals surface area contributed by atoms with Gasteiger partial charge in [0.25, 0.3) is 6.36 Å². The number of hydrogen-bond donors (Lipinski definition) is 1. The molecule has 2 unspecified atom stereocenters. The summed E-state index contributed by atoms with van der Waals surface area (Å²) in [6.07, 6.45) is -2.48. The molecule has 0 radical (unpaired) electrons. The largest absolute Gasteiger partial charge is 0.326 e. The van der Waals surface area contributed by atoms with Crippen LogP contribution in [0.5, 0.6) is 0 Å². The zero-order valence-electron chi connectivity index (χ0n) is 3.70. The van der Waals surface area contributed by atoms with Gasteiger partial charge in [-0.05, 0) is 0 Å². The molecule has 0 fully saturated rings. The molecule has 2 atom stereocenters. The second kappa shape index (κ2) is 3.72. The lowest BCUT2D eigenvalue weighted by Crippen LogP contribution is -2.00. The Hall–Kier alpha value is -0.250. The van der Waals surface area contributed by atoms with Gasteiger partial charge < -0.3 is 4.89 Å². The van der Waals surface area contributed by atoms with Crippen molar-refractivity contribution in [3.63, 3.8) is 0 Å². The molecule has 4 nitrogen and oxygen atoms in total. The summed E-state index contributed by atoms with van der Waals surface area (Å²) in [6.45, 7) is 0. The molecule has 0 aliphatic rings. The highest BCUT2D eigenvalue weighted by Gasteiger charge is 2.04. The standard InChI is InChI=1S/C2H4FO4P/c3-2(1-4)7-8(5)6/h1-2,8H,(H,5,6). The topological polar surface area (TPSA) is 63.6 Å². The number of carbonyl (C=O) groups excluding carboxylic acids is 1. The van der Waals surface area contributed by atoms with Crippen molar-refractivity contribution in [1.29, 1.82) is 0 Å². The minimum atomic E-state index is -3.30. The first-order chi connectivity index (χ1) is 3.66. The van der Waals surface area contributed by atoms with E-state index in [0.29, 0.717) is 0 Å². The maximum atomic E-state index is 11.5. The number of alkyl halides is 1.